The molecule has 2 amide bonds. The second-order valence-corrected chi connectivity index (χ2v) is 8.07. The Morgan fingerprint density at radius 3 is 2.65 bits per heavy atom. The average Bonchev–Trinajstić information content (AvgIpc) is 2.97. The average molecular weight is 391 g/mol. The number of benzene rings is 1. The van der Waals surface area contributed by atoms with Crippen molar-refractivity contribution < 1.29 is 14.3 Å². The molecule has 1 aliphatic rings. The Kier molecular flexibility index (Phi) is 6.06. The van der Waals surface area contributed by atoms with Crippen LogP contribution in [-0.4, -0.2) is 28.1 Å². The van der Waals surface area contributed by atoms with E-state index in [9.17, 15) is 9.59 Å². The van der Waals surface area contributed by atoms with E-state index in [1.54, 1.807) is 6.20 Å². The number of rotatable bonds is 7. The summed E-state index contributed by atoms with van der Waals surface area (Å²) < 4.78 is 5.77. The summed E-state index contributed by atoms with van der Waals surface area (Å²) in [6, 6.07) is 11.4. The van der Waals surface area contributed by atoms with Crippen molar-refractivity contribution in [2.24, 2.45) is 0 Å². The molecule has 3 rings (SSSR count). The van der Waals surface area contributed by atoms with Crippen LogP contribution in [0, 0.1) is 0 Å². The number of amides is 2. The molecule has 26 heavy (non-hydrogen) atoms. The van der Waals surface area contributed by atoms with Crippen molar-refractivity contribution in [3.05, 3.63) is 59.4 Å². The molecule has 1 aliphatic heterocycles. The van der Waals surface area contributed by atoms with Crippen molar-refractivity contribution in [3.8, 4) is 5.75 Å². The highest BCUT2D eigenvalue weighted by atomic mass is 35.5. The van der Waals surface area contributed by atoms with Crippen LogP contribution < -0.4 is 10.1 Å². The van der Waals surface area contributed by atoms with Gasteiger partial charge in [0, 0.05) is 17.3 Å². The van der Waals surface area contributed by atoms with E-state index in [1.165, 1.54) is 5.37 Å². The van der Waals surface area contributed by atoms with Gasteiger partial charge in [0.25, 0.3) is 11.1 Å². The SMILES string of the molecule is CCc1cccnc1[C@H](Cl)COc1ccc(CS2=CC(=O)NC2=O)cc1. The Morgan fingerprint density at radius 1 is 1.23 bits per heavy atom. The lowest BCUT2D eigenvalue weighted by Crippen LogP contribution is -2.20. The number of aryl methyl sites for hydroxylation is 1. The van der Waals surface area contributed by atoms with Gasteiger partial charge in [-0.25, -0.2) is 0 Å². The van der Waals surface area contributed by atoms with E-state index in [0.29, 0.717) is 18.1 Å². The van der Waals surface area contributed by atoms with E-state index >= 15 is 0 Å². The lowest BCUT2D eigenvalue weighted by atomic mass is 10.1. The molecule has 0 spiro atoms. The Balaban J connectivity index is 1.58. The maximum absolute atomic E-state index is 11.6. The summed E-state index contributed by atoms with van der Waals surface area (Å²) in [6.45, 7) is 2.39. The van der Waals surface area contributed by atoms with Gasteiger partial charge in [0.05, 0.1) is 5.69 Å². The molecule has 0 saturated carbocycles. The van der Waals surface area contributed by atoms with Crippen molar-refractivity contribution in [1.29, 1.82) is 0 Å². The number of nitrogens with one attached hydrogen (secondary N) is 1. The summed E-state index contributed by atoms with van der Waals surface area (Å²) in [5.41, 5.74) is 2.94. The molecule has 1 N–H and O–H groups in total. The molecule has 0 aliphatic carbocycles. The van der Waals surface area contributed by atoms with Gasteiger partial charge < -0.3 is 4.74 Å². The molecule has 2 atom stereocenters. The second kappa shape index (κ2) is 8.47. The summed E-state index contributed by atoms with van der Waals surface area (Å²) in [5.74, 6) is 0.907. The molecule has 0 bridgehead atoms. The zero-order valence-corrected chi connectivity index (χ0v) is 15.8. The standard InChI is InChI=1S/C19H19ClN2O3S/c1-2-14-4-3-9-21-18(14)16(20)10-25-15-7-5-13(6-8-15)11-26-12-17(23)22-19(26)24/h3-9,12,16H,2,10-11H2,1H3,(H,22,23,24)/t16-,26?/m1/s1. The molecule has 0 fully saturated rings. The molecule has 5 nitrogen and oxygen atoms in total. The second-order valence-electron chi connectivity index (χ2n) is 5.79. The highest BCUT2D eigenvalue weighted by molar-refractivity contribution is 8.28. The van der Waals surface area contributed by atoms with Crippen molar-refractivity contribution in [2.75, 3.05) is 6.61 Å². The molecule has 0 radical (unpaired) electrons. The molecule has 2 heterocycles. The highest BCUT2D eigenvalue weighted by Crippen LogP contribution is 2.26. The number of hydrogen-bond acceptors (Lipinski definition) is 4. The predicted octanol–water partition coefficient (Wildman–Crippen LogP) is 3.82. The molecular weight excluding hydrogens is 372 g/mol. The smallest absolute Gasteiger partial charge is 0.280 e. The van der Waals surface area contributed by atoms with Crippen molar-refractivity contribution in [2.45, 2.75) is 24.5 Å². The van der Waals surface area contributed by atoms with Crippen LogP contribution in [0.2, 0.25) is 0 Å². The fourth-order valence-corrected chi connectivity index (χ4v) is 4.31. The molecule has 1 aromatic heterocycles. The topological polar surface area (TPSA) is 68.3 Å². The number of alkyl halides is 1. The third-order valence-corrected chi connectivity index (χ3v) is 6.01. The number of ether oxygens (including phenoxy) is 1. The largest absolute Gasteiger partial charge is 0.492 e. The normalized spacial score (nSPS) is 17.5. The zero-order chi connectivity index (χ0) is 18.5. The van der Waals surface area contributed by atoms with Gasteiger partial charge in [-0.1, -0.05) is 35.6 Å². The van der Waals surface area contributed by atoms with E-state index in [4.69, 9.17) is 16.3 Å². The monoisotopic (exact) mass is 390 g/mol. The third kappa shape index (κ3) is 4.51. The van der Waals surface area contributed by atoms with Crippen LogP contribution >= 0.6 is 22.1 Å². The fraction of sp³-hybridized carbons (Fsp3) is 0.263. The number of nitrogens with zero attached hydrogens (tertiary/aromatic N) is 1. The van der Waals surface area contributed by atoms with Crippen LogP contribution in [0.1, 0.15) is 29.1 Å². The number of pyridine rings is 1. The van der Waals surface area contributed by atoms with Gasteiger partial charge in [0.1, 0.15) is 17.7 Å². The lowest BCUT2D eigenvalue weighted by Gasteiger charge is -2.14. The first-order valence-corrected chi connectivity index (χ1v) is 10.1. The van der Waals surface area contributed by atoms with Gasteiger partial charge in [0.15, 0.2) is 0 Å². The summed E-state index contributed by atoms with van der Waals surface area (Å²) in [6.07, 6.45) is 2.61. The number of aromatic nitrogens is 1. The van der Waals surface area contributed by atoms with Crippen molar-refractivity contribution in [1.82, 2.24) is 10.3 Å². The van der Waals surface area contributed by atoms with Gasteiger partial charge in [-0.2, -0.15) is 0 Å². The maximum Gasteiger partial charge on any atom is 0.280 e. The van der Waals surface area contributed by atoms with Crippen molar-refractivity contribution >= 4 is 38.6 Å². The minimum atomic E-state index is -0.694. The number of halogens is 1. The third-order valence-electron chi connectivity index (χ3n) is 3.96. The summed E-state index contributed by atoms with van der Waals surface area (Å²) in [7, 11) is -0.694. The summed E-state index contributed by atoms with van der Waals surface area (Å²) in [4.78, 5) is 27.2. The van der Waals surface area contributed by atoms with E-state index in [0.717, 1.165) is 23.2 Å². The summed E-state index contributed by atoms with van der Waals surface area (Å²) in [5, 5.41) is 3.19. The number of hydrogen-bond donors (Lipinski definition) is 1. The summed E-state index contributed by atoms with van der Waals surface area (Å²) >= 11 is 6.45. The highest BCUT2D eigenvalue weighted by Gasteiger charge is 2.19. The first kappa shape index (κ1) is 18.6. The lowest BCUT2D eigenvalue weighted by molar-refractivity contribution is -0.113. The van der Waals surface area contributed by atoms with E-state index < -0.39 is 10.5 Å². The van der Waals surface area contributed by atoms with Crippen molar-refractivity contribution in [3.63, 3.8) is 0 Å². The molecule has 7 heteroatoms. The van der Waals surface area contributed by atoms with Gasteiger partial charge in [-0.3, -0.25) is 19.9 Å². The Hall–Kier alpha value is -2.18. The van der Waals surface area contributed by atoms with Crippen LogP contribution in [-0.2, 0) is 17.0 Å². The molecule has 1 unspecified atom stereocenters. The number of carbonyl (C=O) groups is 2. The van der Waals surface area contributed by atoms with E-state index in [1.807, 2.05) is 36.4 Å². The Labute approximate surface area is 159 Å². The van der Waals surface area contributed by atoms with Crippen LogP contribution in [0.15, 0.2) is 42.6 Å². The van der Waals surface area contributed by atoms with Crippen LogP contribution in [0.25, 0.3) is 0 Å². The molecule has 2 aromatic rings. The minimum Gasteiger partial charge on any atom is -0.492 e. The fourth-order valence-electron chi connectivity index (χ4n) is 2.63. The molecular formula is C19H19ClN2O3S. The van der Waals surface area contributed by atoms with E-state index in [2.05, 4.69) is 17.2 Å². The first-order chi connectivity index (χ1) is 12.6. The zero-order valence-electron chi connectivity index (χ0n) is 14.3. The van der Waals surface area contributed by atoms with E-state index in [-0.39, 0.29) is 16.5 Å². The van der Waals surface area contributed by atoms with Crippen LogP contribution in [0.5, 0.6) is 5.75 Å². The molecule has 0 saturated heterocycles. The predicted molar refractivity (Wildman–Crippen MR) is 105 cm³/mol. The Bertz CT molecular complexity index is 852. The maximum atomic E-state index is 11.6. The quantitative estimate of drug-likeness (QED) is 0.576. The van der Waals surface area contributed by atoms with Gasteiger partial charge in [0.2, 0.25) is 0 Å². The van der Waals surface area contributed by atoms with Gasteiger partial charge >= 0.3 is 0 Å². The first-order valence-electron chi connectivity index (χ1n) is 8.26. The Morgan fingerprint density at radius 2 is 2.00 bits per heavy atom. The molecule has 1 aromatic carbocycles. The van der Waals surface area contributed by atoms with Gasteiger partial charge in [-0.05, 0) is 35.7 Å². The number of imide groups is 1. The number of carbonyl (C=O) groups excluding carboxylic acids is 2. The van der Waals surface area contributed by atoms with Crippen LogP contribution in [0.3, 0.4) is 0 Å². The van der Waals surface area contributed by atoms with Crippen LogP contribution in [0.4, 0.5) is 4.79 Å². The minimum absolute atomic E-state index is 0.220. The van der Waals surface area contributed by atoms with Gasteiger partial charge in [-0.15, -0.1) is 11.6 Å². The molecule has 136 valence electrons.